The monoisotopic (exact) mass is 486 g/mol. The molecule has 1 aliphatic heterocycles. The number of fused-ring (bicyclic) bond motifs is 1. The van der Waals surface area contributed by atoms with E-state index in [9.17, 15) is 0 Å². The molecule has 3 N–H and O–H groups in total. The summed E-state index contributed by atoms with van der Waals surface area (Å²) in [6, 6.07) is 21.9. The van der Waals surface area contributed by atoms with Crippen molar-refractivity contribution in [1.29, 1.82) is 10.8 Å². The second-order valence-electron chi connectivity index (χ2n) is 8.62. The Morgan fingerprint density at radius 1 is 1.06 bits per heavy atom. The van der Waals surface area contributed by atoms with Crippen LogP contribution in [-0.4, -0.2) is 42.1 Å². The summed E-state index contributed by atoms with van der Waals surface area (Å²) in [5, 5.41) is 20.7. The molecule has 2 heterocycles. The number of nitrogens with one attached hydrogen (secondary N) is 3. The molecule has 8 heteroatoms. The van der Waals surface area contributed by atoms with E-state index in [4.69, 9.17) is 27.2 Å². The molecular formula is C27H27ClN6O. The summed E-state index contributed by atoms with van der Waals surface area (Å²) in [6.45, 7) is 2.01. The maximum atomic E-state index is 8.32. The van der Waals surface area contributed by atoms with Gasteiger partial charge in [0.15, 0.2) is 0 Å². The van der Waals surface area contributed by atoms with Gasteiger partial charge in [0.2, 0.25) is 5.62 Å². The van der Waals surface area contributed by atoms with Gasteiger partial charge in [-0.15, -0.1) is 0 Å². The van der Waals surface area contributed by atoms with Crippen molar-refractivity contribution in [2.45, 2.75) is 18.9 Å². The van der Waals surface area contributed by atoms with Crippen LogP contribution in [0.4, 0.5) is 11.5 Å². The zero-order valence-corrected chi connectivity index (χ0v) is 20.2. The maximum Gasteiger partial charge on any atom is 0.229 e. The smallest absolute Gasteiger partial charge is 0.229 e. The van der Waals surface area contributed by atoms with Crippen molar-refractivity contribution in [2.24, 2.45) is 0 Å². The zero-order chi connectivity index (χ0) is 24.4. The van der Waals surface area contributed by atoms with Crippen LogP contribution in [0.2, 0.25) is 5.02 Å². The quantitative estimate of drug-likeness (QED) is 0.258. The van der Waals surface area contributed by atoms with E-state index in [0.29, 0.717) is 16.4 Å². The Balaban J connectivity index is 1.45. The normalized spacial score (nSPS) is 14.1. The number of rotatable bonds is 6. The van der Waals surface area contributed by atoms with Crippen LogP contribution in [0.25, 0.3) is 22.0 Å². The second kappa shape index (κ2) is 9.90. The maximum absolute atomic E-state index is 8.32. The van der Waals surface area contributed by atoms with Gasteiger partial charge in [0.25, 0.3) is 0 Å². The molecule has 0 saturated carbocycles. The van der Waals surface area contributed by atoms with E-state index in [-0.39, 0.29) is 11.7 Å². The number of hydrogen-bond donors (Lipinski definition) is 3. The Kier molecular flexibility index (Phi) is 6.53. The number of nitrogens with zero attached hydrogens (tertiary/aromatic N) is 3. The number of benzene rings is 3. The predicted molar refractivity (Wildman–Crippen MR) is 141 cm³/mol. The summed E-state index contributed by atoms with van der Waals surface area (Å²) in [6.07, 6.45) is 3.42. The van der Waals surface area contributed by atoms with Gasteiger partial charge in [-0.25, -0.2) is 0 Å². The van der Waals surface area contributed by atoms with Crippen LogP contribution >= 0.6 is 11.6 Å². The van der Waals surface area contributed by atoms with Crippen LogP contribution in [0.5, 0.6) is 5.75 Å². The summed E-state index contributed by atoms with van der Waals surface area (Å²) in [5.74, 6) is 1.53. The first-order chi connectivity index (χ1) is 17.0. The van der Waals surface area contributed by atoms with E-state index < -0.39 is 0 Å². The number of piperidine rings is 1. The summed E-state index contributed by atoms with van der Waals surface area (Å²) < 4.78 is 7.55. The zero-order valence-electron chi connectivity index (χ0n) is 19.5. The van der Waals surface area contributed by atoms with Gasteiger partial charge in [0.05, 0.1) is 11.9 Å². The van der Waals surface area contributed by atoms with Crippen LogP contribution in [0.15, 0.2) is 66.7 Å². The van der Waals surface area contributed by atoms with E-state index in [1.165, 1.54) is 4.57 Å². The van der Waals surface area contributed by atoms with Crippen molar-refractivity contribution in [3.05, 3.63) is 77.4 Å². The molecule has 4 aromatic rings. The summed E-state index contributed by atoms with van der Waals surface area (Å²) >= 11 is 6.21. The molecule has 0 aliphatic carbocycles. The van der Waals surface area contributed by atoms with Crippen LogP contribution in [-0.2, 0) is 0 Å². The van der Waals surface area contributed by atoms with Crippen LogP contribution < -0.4 is 20.6 Å². The minimum atomic E-state index is -0.0305. The Hall–Kier alpha value is -3.68. The van der Waals surface area contributed by atoms with Crippen molar-refractivity contribution in [3.63, 3.8) is 0 Å². The first kappa shape index (κ1) is 23.1. The largest absolute Gasteiger partial charge is 0.490 e. The average molecular weight is 487 g/mol. The van der Waals surface area contributed by atoms with Crippen molar-refractivity contribution in [2.75, 3.05) is 25.0 Å². The molecule has 35 heavy (non-hydrogen) atoms. The molecule has 0 radical (unpaired) electrons. The second-order valence-corrected chi connectivity index (χ2v) is 9.06. The summed E-state index contributed by atoms with van der Waals surface area (Å²) in [7, 11) is 1.93. The van der Waals surface area contributed by atoms with E-state index in [1.807, 2.05) is 42.3 Å². The molecule has 1 fully saturated rings. The van der Waals surface area contributed by atoms with Crippen molar-refractivity contribution < 1.29 is 4.74 Å². The topological polar surface area (TPSA) is 90.0 Å². The van der Waals surface area contributed by atoms with Gasteiger partial charge in [-0.05, 0) is 79.5 Å². The minimum Gasteiger partial charge on any atom is -0.490 e. The van der Waals surface area contributed by atoms with Crippen LogP contribution in [0.3, 0.4) is 0 Å². The Morgan fingerprint density at radius 2 is 1.83 bits per heavy atom. The molecule has 1 aliphatic rings. The lowest BCUT2D eigenvalue weighted by Crippen LogP contribution is -2.34. The van der Waals surface area contributed by atoms with Crippen LogP contribution in [0.1, 0.15) is 12.8 Å². The Morgan fingerprint density at radius 3 is 2.57 bits per heavy atom. The molecule has 1 saturated heterocycles. The fourth-order valence-corrected chi connectivity index (χ4v) is 4.62. The summed E-state index contributed by atoms with van der Waals surface area (Å²) in [4.78, 5) is 6.45. The number of hydrogen-bond acceptors (Lipinski definition) is 6. The third kappa shape index (κ3) is 4.78. The van der Waals surface area contributed by atoms with E-state index in [2.05, 4.69) is 34.6 Å². The van der Waals surface area contributed by atoms with Crippen LogP contribution in [0, 0.1) is 10.8 Å². The van der Waals surface area contributed by atoms with E-state index >= 15 is 0 Å². The molecule has 0 amide bonds. The molecule has 7 nitrogen and oxygen atoms in total. The molecule has 0 bridgehead atoms. The molecule has 178 valence electrons. The minimum absolute atomic E-state index is 0.0305. The number of anilines is 2. The lowest BCUT2D eigenvalue weighted by molar-refractivity contribution is 0.162. The Labute approximate surface area is 209 Å². The standard InChI is InChI=1S/C27H27ClN6O/c1-33(26-24-10-7-20(28)16-25(24)34(17-29)27(30)32-26)21-4-2-3-19(15-21)18-5-8-22(9-6-18)35-23-11-13-31-14-12-23/h2-10,15-17,23,29-31H,11-14H2,1H3. The first-order valence-electron chi connectivity index (χ1n) is 11.6. The van der Waals surface area contributed by atoms with Crippen molar-refractivity contribution in [1.82, 2.24) is 14.9 Å². The van der Waals surface area contributed by atoms with E-state index in [1.54, 1.807) is 12.1 Å². The number of halogens is 1. The lowest BCUT2D eigenvalue weighted by Gasteiger charge is -2.24. The molecule has 5 rings (SSSR count). The number of aromatic nitrogens is 2. The fraction of sp³-hybridized carbons (Fsp3) is 0.222. The molecular weight excluding hydrogens is 460 g/mol. The van der Waals surface area contributed by atoms with Gasteiger partial charge in [0.1, 0.15) is 17.7 Å². The van der Waals surface area contributed by atoms with Gasteiger partial charge in [-0.3, -0.25) is 15.4 Å². The third-order valence-corrected chi connectivity index (χ3v) is 6.59. The van der Waals surface area contributed by atoms with E-state index in [0.717, 1.165) is 60.2 Å². The van der Waals surface area contributed by atoms with Gasteiger partial charge in [-0.2, -0.15) is 4.98 Å². The Bertz CT molecular complexity index is 1430. The van der Waals surface area contributed by atoms with Gasteiger partial charge < -0.3 is 15.0 Å². The van der Waals surface area contributed by atoms with Crippen molar-refractivity contribution in [3.8, 4) is 16.9 Å². The molecule has 3 aromatic carbocycles. The molecule has 0 spiro atoms. The SMILES string of the molecule is CN(c1cccc(-c2ccc(OC3CCNCC3)cc2)c1)c1nc(=N)n(C=N)c2cc(Cl)ccc12. The molecule has 1 aromatic heterocycles. The highest BCUT2D eigenvalue weighted by Gasteiger charge is 2.16. The highest BCUT2D eigenvalue weighted by molar-refractivity contribution is 6.31. The highest BCUT2D eigenvalue weighted by atomic mass is 35.5. The average Bonchev–Trinajstić information content (AvgIpc) is 2.89. The third-order valence-electron chi connectivity index (χ3n) is 6.36. The molecule has 0 atom stereocenters. The fourth-order valence-electron chi connectivity index (χ4n) is 4.46. The summed E-state index contributed by atoms with van der Waals surface area (Å²) in [5.41, 5.74) is 3.74. The lowest BCUT2D eigenvalue weighted by atomic mass is 10.0. The van der Waals surface area contributed by atoms with Gasteiger partial charge >= 0.3 is 0 Å². The predicted octanol–water partition coefficient (Wildman–Crippen LogP) is 5.19. The highest BCUT2D eigenvalue weighted by Crippen LogP contribution is 2.32. The first-order valence-corrected chi connectivity index (χ1v) is 12.0. The molecule has 0 unspecified atom stereocenters. The number of ether oxygens (including phenoxy) is 1. The van der Waals surface area contributed by atoms with Crippen molar-refractivity contribution >= 4 is 40.3 Å². The van der Waals surface area contributed by atoms with Gasteiger partial charge in [0, 0.05) is 23.1 Å². The van der Waals surface area contributed by atoms with Gasteiger partial charge in [-0.1, -0.05) is 35.9 Å².